The molecule has 0 radical (unpaired) electrons. The number of rotatable bonds is 3. The Balaban J connectivity index is 1.54. The van der Waals surface area contributed by atoms with E-state index in [1.807, 2.05) is 6.92 Å². The highest BCUT2D eigenvalue weighted by atomic mass is 16.2. The quantitative estimate of drug-likeness (QED) is 0.810. The molecule has 0 unspecified atom stereocenters. The van der Waals surface area contributed by atoms with E-state index in [0.717, 1.165) is 30.8 Å². The molecule has 1 aromatic heterocycles. The molecule has 1 amide bonds. The summed E-state index contributed by atoms with van der Waals surface area (Å²) in [6.07, 6.45) is 5.59. The number of hydrogen-bond acceptors (Lipinski definition) is 4. The van der Waals surface area contributed by atoms with Gasteiger partial charge in [0, 0.05) is 37.8 Å². The molecule has 0 spiro atoms. The molecule has 1 atom stereocenters. The summed E-state index contributed by atoms with van der Waals surface area (Å²) >= 11 is 0. The van der Waals surface area contributed by atoms with Gasteiger partial charge in [0.1, 0.15) is 0 Å². The summed E-state index contributed by atoms with van der Waals surface area (Å²) in [5, 5.41) is 0. The Hall–Kier alpha value is -1.69. The fourth-order valence-electron chi connectivity index (χ4n) is 3.75. The molecule has 6 nitrogen and oxygen atoms in total. The largest absolute Gasteiger partial charge is 0.338 e. The van der Waals surface area contributed by atoms with Crippen LogP contribution in [0, 0.1) is 0 Å². The van der Waals surface area contributed by atoms with Crippen molar-refractivity contribution in [2.24, 2.45) is 0 Å². The first-order valence-corrected chi connectivity index (χ1v) is 8.30. The van der Waals surface area contributed by atoms with Crippen LogP contribution in [0.2, 0.25) is 0 Å². The summed E-state index contributed by atoms with van der Waals surface area (Å²) < 4.78 is 1.66. The van der Waals surface area contributed by atoms with Crippen molar-refractivity contribution in [1.29, 1.82) is 0 Å². The summed E-state index contributed by atoms with van der Waals surface area (Å²) in [6, 6.07) is 0.494. The molecule has 1 aromatic rings. The Bertz CT molecular complexity index is 665. The fraction of sp³-hybridized carbons (Fsp3) is 0.688. The van der Waals surface area contributed by atoms with Crippen molar-refractivity contribution in [2.75, 3.05) is 13.1 Å². The van der Waals surface area contributed by atoms with Gasteiger partial charge in [-0.2, -0.15) is 0 Å². The molecule has 0 bridgehead atoms. The Labute approximate surface area is 129 Å². The Morgan fingerprint density at radius 2 is 2.05 bits per heavy atom. The van der Waals surface area contributed by atoms with Gasteiger partial charge in [-0.05, 0) is 32.6 Å². The lowest BCUT2D eigenvalue weighted by Crippen LogP contribution is -2.46. The van der Waals surface area contributed by atoms with Crippen molar-refractivity contribution in [3.63, 3.8) is 0 Å². The number of amides is 1. The van der Waals surface area contributed by atoms with Crippen molar-refractivity contribution in [2.45, 2.75) is 57.8 Å². The van der Waals surface area contributed by atoms with Gasteiger partial charge in [-0.1, -0.05) is 0 Å². The maximum atomic E-state index is 12.6. The maximum Gasteiger partial charge on any atom is 0.256 e. The van der Waals surface area contributed by atoms with Crippen molar-refractivity contribution >= 4 is 5.91 Å². The smallest absolute Gasteiger partial charge is 0.256 e. The van der Waals surface area contributed by atoms with Crippen LogP contribution in [0.1, 0.15) is 37.4 Å². The molecule has 6 heteroatoms. The second-order valence-corrected chi connectivity index (χ2v) is 6.55. The van der Waals surface area contributed by atoms with Crippen LogP contribution in [0.5, 0.6) is 0 Å². The average molecular weight is 302 g/mol. The van der Waals surface area contributed by atoms with Gasteiger partial charge in [-0.3, -0.25) is 19.1 Å². The van der Waals surface area contributed by atoms with Crippen molar-refractivity contribution in [1.82, 2.24) is 19.4 Å². The molecule has 0 N–H and O–H groups in total. The Morgan fingerprint density at radius 3 is 2.77 bits per heavy atom. The van der Waals surface area contributed by atoms with Crippen LogP contribution in [0.4, 0.5) is 0 Å². The Kier molecular flexibility index (Phi) is 3.29. The average Bonchev–Trinajstić information content (AvgIpc) is 3.30. The van der Waals surface area contributed by atoms with E-state index >= 15 is 0 Å². The third-order valence-corrected chi connectivity index (χ3v) is 5.20. The van der Waals surface area contributed by atoms with Gasteiger partial charge in [0.25, 0.3) is 5.56 Å². The van der Waals surface area contributed by atoms with Crippen LogP contribution in [0.15, 0.2) is 11.1 Å². The molecule has 3 aliphatic rings. The minimum atomic E-state index is -0.0100. The second-order valence-electron chi connectivity index (χ2n) is 6.55. The lowest BCUT2D eigenvalue weighted by molar-refractivity contribution is -0.132. The van der Waals surface area contributed by atoms with Gasteiger partial charge >= 0.3 is 0 Å². The molecular formula is C16H22N4O2. The predicted molar refractivity (Wildman–Crippen MR) is 81.4 cm³/mol. The van der Waals surface area contributed by atoms with Crippen LogP contribution in [0.3, 0.4) is 0 Å². The molecule has 0 aromatic carbocycles. The number of aromatic nitrogens is 2. The standard InChI is InChI=1S/C16H22N4O2/c1-2-18-10-17-13-9-19(7-5-12(13)15(18)21)14-6-8-20(16(14)22)11-3-4-11/h10-11,14H,2-9H2,1H3/t14-/m1/s1. The number of hydrogen-bond donors (Lipinski definition) is 0. The third-order valence-electron chi connectivity index (χ3n) is 5.20. The second kappa shape index (κ2) is 5.19. The number of carbonyl (C=O) groups excluding carboxylic acids is 1. The van der Waals surface area contributed by atoms with Crippen LogP contribution >= 0.6 is 0 Å². The molecule has 2 aliphatic heterocycles. The van der Waals surface area contributed by atoms with Gasteiger partial charge in [0.2, 0.25) is 5.91 Å². The van der Waals surface area contributed by atoms with Crippen LogP contribution in [0.25, 0.3) is 0 Å². The zero-order valence-electron chi connectivity index (χ0n) is 13.0. The van der Waals surface area contributed by atoms with E-state index in [1.54, 1.807) is 10.9 Å². The van der Waals surface area contributed by atoms with E-state index in [-0.39, 0.29) is 17.5 Å². The number of nitrogens with zero attached hydrogens (tertiary/aromatic N) is 4. The highest BCUT2D eigenvalue weighted by Crippen LogP contribution is 2.32. The SMILES string of the molecule is CCn1cnc2c(c1=O)CCN([C@@H]1CCN(C3CC3)C1=O)C2. The van der Waals surface area contributed by atoms with E-state index < -0.39 is 0 Å². The summed E-state index contributed by atoms with van der Waals surface area (Å²) in [7, 11) is 0. The van der Waals surface area contributed by atoms with Crippen LogP contribution in [-0.2, 0) is 24.3 Å². The summed E-state index contributed by atoms with van der Waals surface area (Å²) in [4.78, 5) is 33.6. The molecule has 2 fully saturated rings. The molecule has 118 valence electrons. The van der Waals surface area contributed by atoms with E-state index in [2.05, 4.69) is 14.8 Å². The fourth-order valence-corrected chi connectivity index (χ4v) is 3.75. The highest BCUT2D eigenvalue weighted by Gasteiger charge is 2.43. The van der Waals surface area contributed by atoms with E-state index in [9.17, 15) is 9.59 Å². The summed E-state index contributed by atoms with van der Waals surface area (Å²) in [5.41, 5.74) is 1.79. The molecule has 4 rings (SSSR count). The maximum absolute atomic E-state index is 12.6. The number of fused-ring (bicyclic) bond motifs is 1. The third kappa shape index (κ3) is 2.17. The number of likely N-dealkylation sites (tertiary alicyclic amines) is 1. The lowest BCUT2D eigenvalue weighted by Gasteiger charge is -2.31. The van der Waals surface area contributed by atoms with Gasteiger partial charge < -0.3 is 4.90 Å². The van der Waals surface area contributed by atoms with Crippen molar-refractivity contribution in [3.05, 3.63) is 27.9 Å². The number of carbonyl (C=O) groups is 1. The zero-order chi connectivity index (χ0) is 15.3. The van der Waals surface area contributed by atoms with Crippen LogP contribution in [-0.4, -0.2) is 50.4 Å². The first kappa shape index (κ1) is 13.9. The normalized spacial score (nSPS) is 25.6. The van der Waals surface area contributed by atoms with E-state index in [1.165, 1.54) is 12.8 Å². The lowest BCUT2D eigenvalue weighted by atomic mass is 10.0. The monoisotopic (exact) mass is 302 g/mol. The predicted octanol–water partition coefficient (Wildman–Crippen LogP) is 0.385. The summed E-state index contributed by atoms with van der Waals surface area (Å²) in [5.74, 6) is 0.285. The number of aryl methyl sites for hydroxylation is 1. The van der Waals surface area contributed by atoms with E-state index in [0.29, 0.717) is 25.6 Å². The molecule has 1 aliphatic carbocycles. The minimum absolute atomic E-state index is 0.0100. The molecular weight excluding hydrogens is 280 g/mol. The van der Waals surface area contributed by atoms with Gasteiger partial charge in [-0.25, -0.2) is 4.98 Å². The van der Waals surface area contributed by atoms with Gasteiger partial charge in [-0.15, -0.1) is 0 Å². The Morgan fingerprint density at radius 1 is 1.23 bits per heavy atom. The first-order chi connectivity index (χ1) is 10.7. The molecule has 1 saturated heterocycles. The topological polar surface area (TPSA) is 58.4 Å². The van der Waals surface area contributed by atoms with E-state index in [4.69, 9.17) is 0 Å². The molecule has 22 heavy (non-hydrogen) atoms. The summed E-state index contributed by atoms with van der Waals surface area (Å²) in [6.45, 7) is 4.91. The van der Waals surface area contributed by atoms with Crippen LogP contribution < -0.4 is 5.56 Å². The van der Waals surface area contributed by atoms with Gasteiger partial charge in [0.05, 0.1) is 18.1 Å². The highest BCUT2D eigenvalue weighted by molar-refractivity contribution is 5.84. The van der Waals surface area contributed by atoms with Crippen molar-refractivity contribution < 1.29 is 4.79 Å². The molecule has 3 heterocycles. The first-order valence-electron chi connectivity index (χ1n) is 8.30. The zero-order valence-corrected chi connectivity index (χ0v) is 13.0. The minimum Gasteiger partial charge on any atom is -0.338 e. The van der Waals surface area contributed by atoms with Crippen molar-refractivity contribution in [3.8, 4) is 0 Å². The van der Waals surface area contributed by atoms with Gasteiger partial charge in [0.15, 0.2) is 0 Å². The molecule has 1 saturated carbocycles.